The van der Waals surface area contributed by atoms with Gasteiger partial charge in [-0.1, -0.05) is 6.92 Å². The first kappa shape index (κ1) is 9.52. The van der Waals surface area contributed by atoms with Crippen LogP contribution in [-0.4, -0.2) is 17.5 Å². The van der Waals surface area contributed by atoms with Crippen LogP contribution >= 0.6 is 0 Å². The van der Waals surface area contributed by atoms with Crippen LogP contribution in [0.4, 0.5) is 0 Å². The lowest BCUT2D eigenvalue weighted by atomic mass is 9.75. The fourth-order valence-corrected chi connectivity index (χ4v) is 1.57. The van der Waals surface area contributed by atoms with Crippen LogP contribution in [0.25, 0.3) is 0 Å². The number of nitrogens with one attached hydrogen (secondary N) is 1. The monoisotopic (exact) mass is 170 g/mol. The fraction of sp³-hybridized carbons (Fsp3) is 0.889. The largest absolute Gasteiger partial charge is 0.368 e. The van der Waals surface area contributed by atoms with Crippen molar-refractivity contribution in [2.75, 3.05) is 0 Å². The van der Waals surface area contributed by atoms with Gasteiger partial charge in [0.05, 0.1) is 5.54 Å². The molecule has 0 saturated heterocycles. The second kappa shape index (κ2) is 3.44. The van der Waals surface area contributed by atoms with E-state index in [0.29, 0.717) is 6.04 Å². The van der Waals surface area contributed by atoms with E-state index in [1.54, 1.807) is 0 Å². The van der Waals surface area contributed by atoms with Crippen LogP contribution in [0.5, 0.6) is 0 Å². The Balaban J connectivity index is 2.50. The van der Waals surface area contributed by atoms with Crippen molar-refractivity contribution in [3.8, 4) is 0 Å². The first-order valence-electron chi connectivity index (χ1n) is 4.68. The Bertz CT molecular complexity index is 175. The highest BCUT2D eigenvalue weighted by atomic mass is 16.1. The van der Waals surface area contributed by atoms with Crippen molar-refractivity contribution in [1.82, 2.24) is 5.32 Å². The molecule has 1 unspecified atom stereocenters. The molecule has 0 aromatic carbocycles. The van der Waals surface area contributed by atoms with Crippen LogP contribution in [-0.2, 0) is 4.79 Å². The summed E-state index contributed by atoms with van der Waals surface area (Å²) in [5.74, 6) is -0.186. The molecule has 0 spiro atoms. The summed E-state index contributed by atoms with van der Waals surface area (Å²) in [7, 11) is 0. The van der Waals surface area contributed by atoms with Crippen LogP contribution in [0.2, 0.25) is 0 Å². The highest BCUT2D eigenvalue weighted by Crippen LogP contribution is 2.32. The van der Waals surface area contributed by atoms with E-state index in [1.165, 1.54) is 0 Å². The van der Waals surface area contributed by atoms with Gasteiger partial charge in [-0.05, 0) is 32.6 Å². The maximum Gasteiger partial charge on any atom is 0.237 e. The Morgan fingerprint density at radius 1 is 1.67 bits per heavy atom. The Labute approximate surface area is 73.7 Å². The van der Waals surface area contributed by atoms with Crippen LogP contribution in [0.3, 0.4) is 0 Å². The van der Waals surface area contributed by atoms with E-state index < -0.39 is 0 Å². The third kappa shape index (κ3) is 1.61. The van der Waals surface area contributed by atoms with Crippen molar-refractivity contribution in [1.29, 1.82) is 0 Å². The summed E-state index contributed by atoms with van der Waals surface area (Å²) < 4.78 is 0. The number of hydrogen-bond donors (Lipinski definition) is 2. The molecule has 1 aliphatic carbocycles. The fourth-order valence-electron chi connectivity index (χ4n) is 1.57. The first-order chi connectivity index (χ1) is 5.60. The number of rotatable bonds is 4. The minimum atomic E-state index is -0.366. The third-order valence-corrected chi connectivity index (χ3v) is 2.81. The summed E-state index contributed by atoms with van der Waals surface area (Å²) in [5.41, 5.74) is 4.97. The molecule has 3 N–H and O–H groups in total. The van der Waals surface area contributed by atoms with Crippen molar-refractivity contribution in [2.45, 2.75) is 51.1 Å². The normalized spacial score (nSPS) is 22.8. The number of hydrogen-bond acceptors (Lipinski definition) is 2. The lowest BCUT2D eigenvalue weighted by molar-refractivity contribution is -0.128. The second-order valence-electron chi connectivity index (χ2n) is 3.75. The van der Waals surface area contributed by atoms with Gasteiger partial charge in [0.25, 0.3) is 0 Å². The van der Waals surface area contributed by atoms with E-state index in [0.717, 1.165) is 25.7 Å². The molecule has 1 atom stereocenters. The molecule has 1 amide bonds. The van der Waals surface area contributed by atoms with Crippen molar-refractivity contribution in [3.05, 3.63) is 0 Å². The van der Waals surface area contributed by atoms with Gasteiger partial charge in [-0.2, -0.15) is 0 Å². The zero-order chi connectivity index (χ0) is 9.19. The van der Waals surface area contributed by atoms with Crippen molar-refractivity contribution in [2.24, 2.45) is 5.73 Å². The van der Waals surface area contributed by atoms with Gasteiger partial charge in [-0.3, -0.25) is 4.79 Å². The molecule has 0 aromatic heterocycles. The Hall–Kier alpha value is -0.570. The number of nitrogens with two attached hydrogens (primary N) is 1. The van der Waals surface area contributed by atoms with Gasteiger partial charge in [0, 0.05) is 6.04 Å². The molecule has 0 heterocycles. The Morgan fingerprint density at radius 2 is 2.25 bits per heavy atom. The van der Waals surface area contributed by atoms with Gasteiger partial charge in [0.2, 0.25) is 5.91 Å². The first-order valence-corrected chi connectivity index (χ1v) is 4.68. The van der Waals surface area contributed by atoms with Gasteiger partial charge >= 0.3 is 0 Å². The zero-order valence-corrected chi connectivity index (χ0v) is 7.89. The maximum atomic E-state index is 11.1. The predicted molar refractivity (Wildman–Crippen MR) is 48.7 cm³/mol. The summed E-state index contributed by atoms with van der Waals surface area (Å²) in [6, 6.07) is 0.387. The number of carbonyl (C=O) groups is 1. The molecule has 0 radical (unpaired) electrons. The van der Waals surface area contributed by atoms with Gasteiger partial charge in [0.1, 0.15) is 0 Å². The van der Waals surface area contributed by atoms with E-state index in [4.69, 9.17) is 5.73 Å². The number of carbonyl (C=O) groups excluding carboxylic acids is 1. The minimum Gasteiger partial charge on any atom is -0.368 e. The summed E-state index contributed by atoms with van der Waals surface area (Å²) in [5, 5.41) is 3.30. The molecule has 0 aliphatic heterocycles. The smallest absolute Gasteiger partial charge is 0.237 e. The lowest BCUT2D eigenvalue weighted by Gasteiger charge is -2.41. The van der Waals surface area contributed by atoms with Gasteiger partial charge in [-0.25, -0.2) is 0 Å². The van der Waals surface area contributed by atoms with E-state index >= 15 is 0 Å². The molecule has 0 bridgehead atoms. The average molecular weight is 170 g/mol. The van der Waals surface area contributed by atoms with Gasteiger partial charge in [0.15, 0.2) is 0 Å². The minimum absolute atomic E-state index is 0.186. The van der Waals surface area contributed by atoms with E-state index in [1.807, 2.05) is 0 Å². The molecule has 70 valence electrons. The van der Waals surface area contributed by atoms with Crippen molar-refractivity contribution >= 4 is 5.91 Å². The van der Waals surface area contributed by atoms with Gasteiger partial charge in [-0.15, -0.1) is 0 Å². The Kier molecular flexibility index (Phi) is 2.73. The second-order valence-corrected chi connectivity index (χ2v) is 3.75. The maximum absolute atomic E-state index is 11.1. The average Bonchev–Trinajstić information content (AvgIpc) is 1.95. The lowest BCUT2D eigenvalue weighted by Crippen LogP contribution is -2.62. The predicted octanol–water partition coefficient (Wildman–Crippen LogP) is 0.782. The number of amides is 1. The zero-order valence-electron chi connectivity index (χ0n) is 7.89. The van der Waals surface area contributed by atoms with Crippen LogP contribution < -0.4 is 11.1 Å². The summed E-state index contributed by atoms with van der Waals surface area (Å²) in [4.78, 5) is 11.1. The molecule has 1 fully saturated rings. The van der Waals surface area contributed by atoms with Crippen LogP contribution in [0.1, 0.15) is 39.5 Å². The third-order valence-electron chi connectivity index (χ3n) is 2.81. The standard InChI is InChI=1S/C9H18N2O/c1-3-7(2)11-9(8(10)12)5-4-6-9/h7,11H,3-6H2,1-2H3,(H2,10,12). The highest BCUT2D eigenvalue weighted by Gasteiger charge is 2.42. The molecule has 1 saturated carbocycles. The molecule has 3 heteroatoms. The molecule has 1 rings (SSSR count). The Morgan fingerprint density at radius 3 is 2.50 bits per heavy atom. The van der Waals surface area contributed by atoms with E-state index in [2.05, 4.69) is 19.2 Å². The SMILES string of the molecule is CCC(C)NC1(C(N)=O)CCC1. The number of primary amides is 1. The molecule has 0 aromatic rings. The van der Waals surface area contributed by atoms with Crippen LogP contribution in [0.15, 0.2) is 0 Å². The molecular formula is C9H18N2O. The van der Waals surface area contributed by atoms with E-state index in [-0.39, 0.29) is 11.4 Å². The van der Waals surface area contributed by atoms with Crippen LogP contribution in [0, 0.1) is 0 Å². The van der Waals surface area contributed by atoms with Crippen molar-refractivity contribution in [3.63, 3.8) is 0 Å². The highest BCUT2D eigenvalue weighted by molar-refractivity contribution is 5.85. The summed E-state index contributed by atoms with van der Waals surface area (Å²) in [6.45, 7) is 4.19. The molecule has 3 nitrogen and oxygen atoms in total. The van der Waals surface area contributed by atoms with Gasteiger partial charge < -0.3 is 11.1 Å². The quantitative estimate of drug-likeness (QED) is 0.655. The summed E-state index contributed by atoms with van der Waals surface area (Å²) in [6.07, 6.45) is 3.97. The summed E-state index contributed by atoms with van der Waals surface area (Å²) >= 11 is 0. The van der Waals surface area contributed by atoms with Crippen molar-refractivity contribution < 1.29 is 4.79 Å². The molecular weight excluding hydrogens is 152 g/mol. The topological polar surface area (TPSA) is 55.1 Å². The molecule has 12 heavy (non-hydrogen) atoms. The molecule has 1 aliphatic rings. The van der Waals surface area contributed by atoms with E-state index in [9.17, 15) is 4.79 Å².